The maximum absolute atomic E-state index is 10.0. The summed E-state index contributed by atoms with van der Waals surface area (Å²) in [5.41, 5.74) is 0.499. The minimum Gasteiger partial charge on any atom is -0.489 e. The predicted molar refractivity (Wildman–Crippen MR) is 76.6 cm³/mol. The quantitative estimate of drug-likeness (QED) is 0.850. The van der Waals surface area contributed by atoms with Gasteiger partial charge in [0.2, 0.25) is 0 Å². The van der Waals surface area contributed by atoms with E-state index in [0.717, 1.165) is 26.2 Å². The van der Waals surface area contributed by atoms with E-state index in [1.807, 2.05) is 6.07 Å². The molecular formula is C15H21N3O2. The van der Waals surface area contributed by atoms with Gasteiger partial charge in [-0.15, -0.1) is 0 Å². The molecule has 0 spiro atoms. The van der Waals surface area contributed by atoms with E-state index in [1.165, 1.54) is 0 Å². The van der Waals surface area contributed by atoms with Crippen LogP contribution in [0.25, 0.3) is 0 Å². The highest BCUT2D eigenvalue weighted by atomic mass is 16.5. The number of rotatable bonds is 5. The molecule has 2 rings (SSSR count). The van der Waals surface area contributed by atoms with Crippen LogP contribution in [0.5, 0.6) is 5.75 Å². The minimum atomic E-state index is -0.537. The number of piperazine rings is 1. The minimum absolute atomic E-state index is 0.213. The van der Waals surface area contributed by atoms with Gasteiger partial charge in [0.15, 0.2) is 0 Å². The summed E-state index contributed by atoms with van der Waals surface area (Å²) >= 11 is 0. The van der Waals surface area contributed by atoms with Gasteiger partial charge in [0.1, 0.15) is 24.5 Å². The molecule has 5 heteroatoms. The number of β-amino-alcohol motifs (C(OH)–C–C–N with tert-alkyl or cyclic N) is 1. The van der Waals surface area contributed by atoms with Gasteiger partial charge in [-0.05, 0) is 19.2 Å². The predicted octanol–water partition coefficient (Wildman–Crippen LogP) is 0.545. The van der Waals surface area contributed by atoms with Crippen LogP contribution in [0.15, 0.2) is 24.3 Å². The van der Waals surface area contributed by atoms with Crippen LogP contribution in [0.1, 0.15) is 5.56 Å². The van der Waals surface area contributed by atoms with Gasteiger partial charge in [-0.3, -0.25) is 4.90 Å². The Hall–Kier alpha value is -1.61. The van der Waals surface area contributed by atoms with Crippen molar-refractivity contribution in [2.24, 2.45) is 0 Å². The Morgan fingerprint density at radius 2 is 2.00 bits per heavy atom. The fourth-order valence-electron chi connectivity index (χ4n) is 2.25. The Bertz CT molecular complexity index is 464. The number of aliphatic hydroxyl groups excluding tert-OH is 1. The summed E-state index contributed by atoms with van der Waals surface area (Å²) in [7, 11) is 2.11. The van der Waals surface area contributed by atoms with Crippen molar-refractivity contribution in [1.29, 1.82) is 5.26 Å². The second-order valence-corrected chi connectivity index (χ2v) is 5.18. The Morgan fingerprint density at radius 1 is 1.30 bits per heavy atom. The standard InChI is InChI=1S/C15H21N3O2/c1-17-6-8-18(9-7-17)11-14(19)12-20-15-5-3-2-4-13(15)10-16/h2-5,14,19H,6-9,11-12H2,1H3. The number of aliphatic hydroxyl groups is 1. The molecule has 1 aliphatic heterocycles. The van der Waals surface area contributed by atoms with Gasteiger partial charge in [0.25, 0.3) is 0 Å². The molecule has 1 atom stereocenters. The van der Waals surface area contributed by atoms with Gasteiger partial charge in [-0.1, -0.05) is 12.1 Å². The number of hydrogen-bond acceptors (Lipinski definition) is 5. The molecule has 1 unspecified atom stereocenters. The molecule has 0 radical (unpaired) electrons. The zero-order valence-electron chi connectivity index (χ0n) is 11.8. The van der Waals surface area contributed by atoms with Crippen LogP contribution in [0.4, 0.5) is 0 Å². The number of nitriles is 1. The van der Waals surface area contributed by atoms with Crippen molar-refractivity contribution in [3.8, 4) is 11.8 Å². The van der Waals surface area contributed by atoms with E-state index in [1.54, 1.807) is 18.2 Å². The Morgan fingerprint density at radius 3 is 2.70 bits per heavy atom. The van der Waals surface area contributed by atoms with E-state index in [-0.39, 0.29) is 6.61 Å². The molecule has 0 amide bonds. The molecule has 1 N–H and O–H groups in total. The lowest BCUT2D eigenvalue weighted by Gasteiger charge is -2.33. The van der Waals surface area contributed by atoms with Crippen molar-refractivity contribution in [3.63, 3.8) is 0 Å². The molecule has 0 aromatic heterocycles. The highest BCUT2D eigenvalue weighted by Crippen LogP contribution is 2.16. The van der Waals surface area contributed by atoms with Gasteiger partial charge in [0.05, 0.1) is 5.56 Å². The summed E-state index contributed by atoms with van der Waals surface area (Å²) in [6.07, 6.45) is -0.537. The van der Waals surface area contributed by atoms with Crippen LogP contribution in [0.3, 0.4) is 0 Å². The second kappa shape index (κ2) is 7.25. The lowest BCUT2D eigenvalue weighted by atomic mass is 10.2. The number of hydrogen-bond donors (Lipinski definition) is 1. The van der Waals surface area contributed by atoms with Gasteiger partial charge >= 0.3 is 0 Å². The smallest absolute Gasteiger partial charge is 0.137 e. The summed E-state index contributed by atoms with van der Waals surface area (Å²) < 4.78 is 5.54. The molecule has 1 saturated heterocycles. The van der Waals surface area contributed by atoms with E-state index < -0.39 is 6.10 Å². The van der Waals surface area contributed by atoms with E-state index in [9.17, 15) is 5.11 Å². The Labute approximate surface area is 120 Å². The van der Waals surface area contributed by atoms with Gasteiger partial charge in [0, 0.05) is 32.7 Å². The summed E-state index contributed by atoms with van der Waals surface area (Å²) in [5, 5.41) is 19.0. The highest BCUT2D eigenvalue weighted by molar-refractivity contribution is 5.42. The molecule has 1 heterocycles. The van der Waals surface area contributed by atoms with Crippen molar-refractivity contribution in [3.05, 3.63) is 29.8 Å². The maximum atomic E-state index is 10.0. The average Bonchev–Trinajstić information content (AvgIpc) is 2.48. The zero-order chi connectivity index (χ0) is 14.4. The summed E-state index contributed by atoms with van der Waals surface area (Å²) in [4.78, 5) is 4.52. The summed E-state index contributed by atoms with van der Waals surface area (Å²) in [5.74, 6) is 0.535. The number of ether oxygens (including phenoxy) is 1. The zero-order valence-corrected chi connectivity index (χ0v) is 11.8. The van der Waals surface area contributed by atoms with Crippen LogP contribution >= 0.6 is 0 Å². The van der Waals surface area contributed by atoms with Crippen molar-refractivity contribution in [2.45, 2.75) is 6.10 Å². The first-order valence-electron chi connectivity index (χ1n) is 6.90. The topological polar surface area (TPSA) is 59.7 Å². The molecule has 1 fully saturated rings. The normalized spacial score (nSPS) is 18.4. The molecule has 20 heavy (non-hydrogen) atoms. The van der Waals surface area contributed by atoms with Crippen LogP contribution in [0.2, 0.25) is 0 Å². The molecular weight excluding hydrogens is 254 g/mol. The first-order chi connectivity index (χ1) is 9.69. The Kier molecular flexibility index (Phi) is 5.36. The van der Waals surface area contributed by atoms with Crippen molar-refractivity contribution in [2.75, 3.05) is 46.4 Å². The largest absolute Gasteiger partial charge is 0.489 e. The van der Waals surface area contributed by atoms with Gasteiger partial charge in [-0.2, -0.15) is 5.26 Å². The van der Waals surface area contributed by atoms with Gasteiger partial charge in [-0.25, -0.2) is 0 Å². The second-order valence-electron chi connectivity index (χ2n) is 5.18. The first-order valence-corrected chi connectivity index (χ1v) is 6.90. The molecule has 1 aromatic carbocycles. The average molecular weight is 275 g/mol. The molecule has 1 aliphatic rings. The van der Waals surface area contributed by atoms with E-state index in [2.05, 4.69) is 22.9 Å². The van der Waals surface area contributed by atoms with E-state index in [0.29, 0.717) is 17.9 Å². The number of benzene rings is 1. The third-order valence-corrected chi connectivity index (χ3v) is 3.50. The van der Waals surface area contributed by atoms with E-state index in [4.69, 9.17) is 10.00 Å². The fourth-order valence-corrected chi connectivity index (χ4v) is 2.25. The number of para-hydroxylation sites is 1. The fraction of sp³-hybridized carbons (Fsp3) is 0.533. The number of likely N-dealkylation sites (N-methyl/N-ethyl adjacent to an activating group) is 1. The molecule has 1 aromatic rings. The van der Waals surface area contributed by atoms with Gasteiger partial charge < -0.3 is 14.7 Å². The molecule has 5 nitrogen and oxygen atoms in total. The lowest BCUT2D eigenvalue weighted by Crippen LogP contribution is -2.47. The highest BCUT2D eigenvalue weighted by Gasteiger charge is 2.17. The number of nitrogens with zero attached hydrogens (tertiary/aromatic N) is 3. The van der Waals surface area contributed by atoms with Crippen LogP contribution < -0.4 is 4.74 Å². The van der Waals surface area contributed by atoms with Crippen molar-refractivity contribution in [1.82, 2.24) is 9.80 Å². The summed E-state index contributed by atoms with van der Waals surface area (Å²) in [6.45, 7) is 4.84. The lowest BCUT2D eigenvalue weighted by molar-refractivity contribution is 0.0504. The SMILES string of the molecule is CN1CCN(CC(O)COc2ccccc2C#N)CC1. The molecule has 0 aliphatic carbocycles. The summed E-state index contributed by atoms with van der Waals surface area (Å²) in [6, 6.07) is 9.16. The first kappa shape index (κ1) is 14.8. The third kappa shape index (κ3) is 4.20. The van der Waals surface area contributed by atoms with Crippen LogP contribution in [-0.2, 0) is 0 Å². The Balaban J connectivity index is 1.77. The van der Waals surface area contributed by atoms with Crippen LogP contribution in [-0.4, -0.2) is 67.4 Å². The van der Waals surface area contributed by atoms with Crippen molar-refractivity contribution >= 4 is 0 Å². The van der Waals surface area contributed by atoms with Crippen molar-refractivity contribution < 1.29 is 9.84 Å². The molecule has 108 valence electrons. The third-order valence-electron chi connectivity index (χ3n) is 3.50. The van der Waals surface area contributed by atoms with E-state index >= 15 is 0 Å². The molecule has 0 bridgehead atoms. The maximum Gasteiger partial charge on any atom is 0.137 e. The monoisotopic (exact) mass is 275 g/mol. The van der Waals surface area contributed by atoms with Crippen LogP contribution in [0, 0.1) is 11.3 Å². The molecule has 0 saturated carbocycles.